The van der Waals surface area contributed by atoms with E-state index in [2.05, 4.69) is 4.98 Å². The number of piperazine rings is 1. The van der Waals surface area contributed by atoms with E-state index in [0.29, 0.717) is 37.6 Å². The zero-order valence-corrected chi connectivity index (χ0v) is 8.89. The molecule has 1 fully saturated rings. The van der Waals surface area contributed by atoms with Crippen molar-refractivity contribution >= 4 is 11.7 Å². The summed E-state index contributed by atoms with van der Waals surface area (Å²) in [5.41, 5.74) is 5.94. The zero-order chi connectivity index (χ0) is 14.0. The number of hydrogen-bond donors (Lipinski definition) is 1. The molecule has 0 radical (unpaired) electrons. The topological polar surface area (TPSA) is 62.5 Å². The van der Waals surface area contributed by atoms with Gasteiger partial charge in [-0.25, -0.2) is 4.98 Å². The van der Waals surface area contributed by atoms with Crippen molar-refractivity contribution in [1.29, 1.82) is 0 Å². The molecule has 0 aliphatic carbocycles. The van der Waals surface area contributed by atoms with E-state index in [1.807, 2.05) is 0 Å². The second-order valence-electron chi connectivity index (χ2n) is 3.75. The Balaban J connectivity index is 1.98. The molecule has 1 aromatic heterocycles. The number of pyridine rings is 1. The molecule has 0 spiro atoms. The third-order valence-electron chi connectivity index (χ3n) is 2.60. The van der Waals surface area contributed by atoms with Crippen LogP contribution >= 0.6 is 0 Å². The summed E-state index contributed by atoms with van der Waals surface area (Å²) in [5.74, 6) is 0.224. The average molecular weight is 223 g/mol. The monoisotopic (exact) mass is 223 g/mol. The molecular weight excluding hydrogens is 204 g/mol. The summed E-state index contributed by atoms with van der Waals surface area (Å²) < 4.78 is 22.0. The van der Waals surface area contributed by atoms with E-state index in [4.69, 9.17) is 9.85 Å². The fraction of sp³-hybridized carbons (Fsp3) is 0.455. The van der Waals surface area contributed by atoms with Crippen LogP contribution in [0.15, 0.2) is 18.3 Å². The number of likely N-dealkylation sites (N-methyl/N-ethyl adjacent to an activating group) is 1. The van der Waals surface area contributed by atoms with Gasteiger partial charge in [-0.15, -0.1) is 0 Å². The molecule has 1 saturated heterocycles. The first kappa shape index (κ1) is 7.62. The summed E-state index contributed by atoms with van der Waals surface area (Å²) in [6.07, 6.45) is 1.44. The lowest BCUT2D eigenvalue weighted by molar-refractivity contribution is 0.0664. The van der Waals surface area contributed by atoms with Crippen LogP contribution in [0.25, 0.3) is 0 Å². The number of aromatic nitrogens is 1. The summed E-state index contributed by atoms with van der Waals surface area (Å²) in [7, 11) is 0. The van der Waals surface area contributed by atoms with Gasteiger partial charge in [-0.1, -0.05) is 0 Å². The van der Waals surface area contributed by atoms with Gasteiger partial charge in [-0.05, 0) is 19.1 Å². The Labute approximate surface area is 99.1 Å². The number of nitrogens with zero attached hydrogens (tertiary/aromatic N) is 3. The van der Waals surface area contributed by atoms with Crippen molar-refractivity contribution in [3.05, 3.63) is 23.9 Å². The van der Waals surface area contributed by atoms with Crippen molar-refractivity contribution in [2.24, 2.45) is 0 Å². The lowest BCUT2D eigenvalue weighted by Crippen LogP contribution is -2.47. The van der Waals surface area contributed by atoms with Crippen LogP contribution in [0, 0.1) is 0 Å². The molecule has 0 bridgehead atoms. The van der Waals surface area contributed by atoms with Crippen molar-refractivity contribution in [3.63, 3.8) is 0 Å². The van der Waals surface area contributed by atoms with Gasteiger partial charge >= 0.3 is 0 Å². The number of anilines is 1. The number of carbonyl (C=O) groups excluding carboxylic acids is 1. The smallest absolute Gasteiger partial charge is 0.255 e. The molecule has 16 heavy (non-hydrogen) atoms. The van der Waals surface area contributed by atoms with Crippen LogP contribution in [0.5, 0.6) is 0 Å². The Morgan fingerprint density at radius 2 is 2.19 bits per heavy atom. The molecule has 0 atom stereocenters. The first-order valence-corrected chi connectivity index (χ1v) is 5.14. The number of carbonyl (C=O) groups is 1. The Bertz CT molecular complexity index is 452. The second-order valence-corrected chi connectivity index (χ2v) is 3.75. The van der Waals surface area contributed by atoms with E-state index in [0.717, 1.165) is 0 Å². The van der Waals surface area contributed by atoms with Crippen molar-refractivity contribution < 1.29 is 8.91 Å². The summed E-state index contributed by atoms with van der Waals surface area (Å²) in [5, 5.41) is 0. The normalized spacial score (nSPS) is 21.0. The number of nitrogens with two attached hydrogens (primary N) is 1. The van der Waals surface area contributed by atoms with Gasteiger partial charge in [0, 0.05) is 36.5 Å². The first-order valence-electron chi connectivity index (χ1n) is 6.64. The average Bonchev–Trinajstić information content (AvgIpc) is 2.38. The standard InChI is InChI=1S/C11H16N4O/c1-14-4-6-15(7-5-14)11(16)9-2-3-10(12)13-8-9/h2-3,8H,4-7H2,1H3,(H2,12,13)/i1D3. The van der Waals surface area contributed by atoms with Gasteiger partial charge < -0.3 is 15.5 Å². The molecule has 0 unspecified atom stereocenters. The van der Waals surface area contributed by atoms with E-state index >= 15 is 0 Å². The predicted molar refractivity (Wildman–Crippen MR) is 62.0 cm³/mol. The van der Waals surface area contributed by atoms with E-state index in [1.54, 1.807) is 17.0 Å². The molecule has 1 aliphatic rings. The third kappa shape index (κ3) is 2.30. The van der Waals surface area contributed by atoms with E-state index in [1.165, 1.54) is 11.1 Å². The minimum absolute atomic E-state index is 0.141. The van der Waals surface area contributed by atoms with Crippen LogP contribution < -0.4 is 5.73 Å². The molecule has 1 aromatic rings. The molecule has 0 aromatic carbocycles. The van der Waals surface area contributed by atoms with Gasteiger partial charge in [-0.2, -0.15) is 0 Å². The van der Waals surface area contributed by atoms with Gasteiger partial charge in [0.05, 0.1) is 5.56 Å². The van der Waals surface area contributed by atoms with Gasteiger partial charge in [-0.3, -0.25) is 4.79 Å². The van der Waals surface area contributed by atoms with E-state index in [9.17, 15) is 4.79 Å². The fourth-order valence-electron chi connectivity index (χ4n) is 1.62. The van der Waals surface area contributed by atoms with E-state index in [-0.39, 0.29) is 5.91 Å². The van der Waals surface area contributed by atoms with Gasteiger partial charge in [0.2, 0.25) is 0 Å². The minimum atomic E-state index is -2.09. The maximum Gasteiger partial charge on any atom is 0.255 e. The minimum Gasteiger partial charge on any atom is -0.384 e. The molecule has 1 aliphatic heterocycles. The van der Waals surface area contributed by atoms with Crippen LogP contribution in [0.3, 0.4) is 0 Å². The molecule has 2 rings (SSSR count). The zero-order valence-electron chi connectivity index (χ0n) is 11.9. The largest absolute Gasteiger partial charge is 0.384 e. The summed E-state index contributed by atoms with van der Waals surface area (Å²) in [6, 6.07) is 3.20. The Kier molecular flexibility index (Phi) is 2.14. The highest BCUT2D eigenvalue weighted by Crippen LogP contribution is 2.08. The first-order chi connectivity index (χ1) is 8.88. The molecule has 5 heteroatoms. The number of amides is 1. The maximum absolute atomic E-state index is 12.2. The molecule has 5 nitrogen and oxygen atoms in total. The summed E-state index contributed by atoms with van der Waals surface area (Å²) in [4.78, 5) is 19.1. The lowest BCUT2D eigenvalue weighted by atomic mass is 10.2. The summed E-state index contributed by atoms with van der Waals surface area (Å²) in [6.45, 7) is -0.573. The Morgan fingerprint density at radius 3 is 2.75 bits per heavy atom. The van der Waals surface area contributed by atoms with Crippen molar-refractivity contribution in [3.8, 4) is 0 Å². The Morgan fingerprint density at radius 1 is 1.44 bits per heavy atom. The van der Waals surface area contributed by atoms with Gasteiger partial charge in [0.15, 0.2) is 0 Å². The molecule has 86 valence electrons. The lowest BCUT2D eigenvalue weighted by Gasteiger charge is -2.32. The maximum atomic E-state index is 12.2. The van der Waals surface area contributed by atoms with Gasteiger partial charge in [0.25, 0.3) is 5.91 Å². The van der Waals surface area contributed by atoms with Crippen LogP contribution in [0.1, 0.15) is 14.5 Å². The quantitative estimate of drug-likeness (QED) is 0.731. The molecular formula is C11H16N4O. The van der Waals surface area contributed by atoms with Gasteiger partial charge in [0.1, 0.15) is 5.82 Å². The van der Waals surface area contributed by atoms with Crippen LogP contribution in [0.2, 0.25) is 0 Å². The Hall–Kier alpha value is -1.62. The second kappa shape index (κ2) is 4.49. The van der Waals surface area contributed by atoms with Crippen molar-refractivity contribution in [1.82, 2.24) is 14.8 Å². The number of hydrogen-bond acceptors (Lipinski definition) is 4. The molecule has 0 saturated carbocycles. The summed E-state index contributed by atoms with van der Waals surface area (Å²) >= 11 is 0. The highest BCUT2D eigenvalue weighted by Gasteiger charge is 2.20. The molecule has 1 amide bonds. The fourth-order valence-corrected chi connectivity index (χ4v) is 1.62. The van der Waals surface area contributed by atoms with Crippen LogP contribution in [0.4, 0.5) is 5.82 Å². The predicted octanol–water partition coefficient (Wildman–Crippen LogP) is 0.0514. The van der Waals surface area contributed by atoms with Crippen molar-refractivity contribution in [2.45, 2.75) is 0 Å². The van der Waals surface area contributed by atoms with Crippen LogP contribution in [-0.2, 0) is 0 Å². The van der Waals surface area contributed by atoms with Crippen molar-refractivity contribution in [2.75, 3.05) is 38.9 Å². The SMILES string of the molecule is [2H]C([2H])([2H])N1CCN(C(=O)c2ccc(N)nc2)CC1. The van der Waals surface area contributed by atoms with Crippen LogP contribution in [-0.4, -0.2) is 53.8 Å². The highest BCUT2D eigenvalue weighted by atomic mass is 16.2. The third-order valence-corrected chi connectivity index (χ3v) is 2.60. The number of nitrogen functional groups attached to an aromatic ring is 1. The highest BCUT2D eigenvalue weighted by molar-refractivity contribution is 5.94. The molecule has 2 N–H and O–H groups in total. The molecule has 2 heterocycles. The van der Waals surface area contributed by atoms with E-state index < -0.39 is 6.98 Å². The number of rotatable bonds is 1.